The number of anilines is 1. The molecule has 9 heteroatoms. The molecule has 0 fully saturated rings. The Hall–Kier alpha value is -2.81. The first kappa shape index (κ1) is 18.5. The van der Waals surface area contributed by atoms with Crippen molar-refractivity contribution in [1.29, 1.82) is 0 Å². The van der Waals surface area contributed by atoms with Crippen molar-refractivity contribution in [3.05, 3.63) is 67.9 Å². The van der Waals surface area contributed by atoms with Crippen molar-refractivity contribution < 1.29 is 23.6 Å². The van der Waals surface area contributed by atoms with Crippen LogP contribution in [0.5, 0.6) is 0 Å². The van der Waals surface area contributed by atoms with E-state index in [4.69, 9.17) is 4.74 Å². The molecular weight excluding hydrogens is 399 g/mol. The number of nitrogens with zero attached hydrogens (tertiary/aromatic N) is 1. The minimum absolute atomic E-state index is 0.0384. The highest BCUT2D eigenvalue weighted by atomic mass is 79.9. The number of carbonyl (C=O) groups is 2. The fourth-order valence-electron chi connectivity index (χ4n) is 2.01. The van der Waals surface area contributed by atoms with Crippen LogP contribution in [-0.2, 0) is 9.53 Å². The third-order valence-electron chi connectivity index (χ3n) is 3.20. The Balaban J connectivity index is 2.04. The fraction of sp³-hybridized carbons (Fsp3) is 0.125. The van der Waals surface area contributed by atoms with Crippen LogP contribution in [0.25, 0.3) is 0 Å². The largest absolute Gasteiger partial charge is 0.452 e. The molecule has 1 N–H and O–H groups in total. The molecule has 130 valence electrons. The van der Waals surface area contributed by atoms with E-state index in [1.54, 1.807) is 13.0 Å². The van der Waals surface area contributed by atoms with Gasteiger partial charge in [-0.25, -0.2) is 9.18 Å². The molecule has 2 rings (SSSR count). The fourth-order valence-corrected chi connectivity index (χ4v) is 2.52. The molecule has 0 aliphatic carbocycles. The second-order valence-corrected chi connectivity index (χ2v) is 5.83. The highest BCUT2D eigenvalue weighted by Crippen LogP contribution is 2.27. The van der Waals surface area contributed by atoms with Crippen LogP contribution in [0.15, 0.2) is 40.9 Å². The molecule has 7 nitrogen and oxygen atoms in total. The van der Waals surface area contributed by atoms with Crippen LogP contribution in [0.1, 0.15) is 15.9 Å². The van der Waals surface area contributed by atoms with Crippen LogP contribution in [0.4, 0.5) is 15.8 Å². The lowest BCUT2D eigenvalue weighted by Crippen LogP contribution is -2.22. The number of ether oxygens (including phenoxy) is 1. The molecule has 0 bridgehead atoms. The van der Waals surface area contributed by atoms with Gasteiger partial charge in [-0.05, 0) is 46.6 Å². The molecule has 0 aromatic heterocycles. The Labute approximate surface area is 150 Å². The number of carbonyl (C=O) groups excluding carboxylic acids is 2. The maximum absolute atomic E-state index is 13.0. The molecule has 0 aliphatic rings. The number of esters is 1. The van der Waals surface area contributed by atoms with E-state index in [9.17, 15) is 24.1 Å². The van der Waals surface area contributed by atoms with E-state index in [1.807, 2.05) is 0 Å². The lowest BCUT2D eigenvalue weighted by Gasteiger charge is -2.10. The Bertz CT molecular complexity index is 856. The maximum atomic E-state index is 13.0. The molecule has 0 aliphatic heterocycles. The molecule has 2 aromatic rings. The van der Waals surface area contributed by atoms with Gasteiger partial charge in [0.15, 0.2) is 6.61 Å². The summed E-state index contributed by atoms with van der Waals surface area (Å²) in [4.78, 5) is 34.2. The molecule has 0 saturated heterocycles. The van der Waals surface area contributed by atoms with Gasteiger partial charge in [-0.3, -0.25) is 14.9 Å². The van der Waals surface area contributed by atoms with Crippen LogP contribution in [0, 0.1) is 22.9 Å². The summed E-state index contributed by atoms with van der Waals surface area (Å²) >= 11 is 3.03. The van der Waals surface area contributed by atoms with Gasteiger partial charge >= 0.3 is 5.97 Å². The first-order valence-corrected chi connectivity index (χ1v) is 7.75. The summed E-state index contributed by atoms with van der Waals surface area (Å²) in [5.41, 5.74) is 0.323. The summed E-state index contributed by atoms with van der Waals surface area (Å²) in [6, 6.07) is 7.74. The van der Waals surface area contributed by atoms with E-state index < -0.39 is 29.2 Å². The average Bonchev–Trinajstić information content (AvgIpc) is 2.54. The van der Waals surface area contributed by atoms with Crippen molar-refractivity contribution in [3.8, 4) is 0 Å². The van der Waals surface area contributed by atoms with Crippen molar-refractivity contribution in [3.63, 3.8) is 0 Å². The molecule has 0 atom stereocenters. The van der Waals surface area contributed by atoms with Crippen LogP contribution in [0.3, 0.4) is 0 Å². The number of hydrogen-bond acceptors (Lipinski definition) is 5. The summed E-state index contributed by atoms with van der Waals surface area (Å²) < 4.78 is 18.0. The second kappa shape index (κ2) is 7.84. The van der Waals surface area contributed by atoms with E-state index in [2.05, 4.69) is 21.2 Å². The molecular formula is C16H12BrFN2O5. The number of amides is 1. The zero-order valence-corrected chi connectivity index (χ0v) is 14.5. The predicted octanol–water partition coefficient (Wildman–Crippen LogP) is 3.60. The smallest absolute Gasteiger partial charge is 0.339 e. The molecule has 0 radical (unpaired) electrons. The lowest BCUT2D eigenvalue weighted by atomic mass is 10.1. The third kappa shape index (κ3) is 4.60. The molecule has 0 spiro atoms. The molecule has 1 amide bonds. The molecule has 0 unspecified atom stereocenters. The number of halogens is 2. The zero-order chi connectivity index (χ0) is 18.6. The van der Waals surface area contributed by atoms with Crippen LogP contribution >= 0.6 is 15.9 Å². The number of para-hydroxylation sites is 1. The van der Waals surface area contributed by atoms with Crippen molar-refractivity contribution >= 4 is 39.2 Å². The van der Waals surface area contributed by atoms with Gasteiger partial charge < -0.3 is 10.1 Å². The van der Waals surface area contributed by atoms with Gasteiger partial charge in [0, 0.05) is 10.5 Å². The quantitative estimate of drug-likeness (QED) is 0.461. The summed E-state index contributed by atoms with van der Waals surface area (Å²) in [5, 5.41) is 13.4. The molecule has 2 aromatic carbocycles. The highest BCUT2D eigenvalue weighted by molar-refractivity contribution is 9.10. The van der Waals surface area contributed by atoms with Crippen molar-refractivity contribution in [2.45, 2.75) is 6.92 Å². The van der Waals surface area contributed by atoms with Gasteiger partial charge in [0.05, 0.1) is 10.5 Å². The molecule has 25 heavy (non-hydrogen) atoms. The summed E-state index contributed by atoms with van der Waals surface area (Å²) in [6.45, 7) is 0.957. The number of aryl methyl sites for hydroxylation is 1. The normalized spacial score (nSPS) is 10.2. The van der Waals surface area contributed by atoms with Crippen LogP contribution in [0.2, 0.25) is 0 Å². The number of nitrogens with one attached hydrogen (secondary N) is 1. The van der Waals surface area contributed by atoms with Crippen molar-refractivity contribution in [2.24, 2.45) is 0 Å². The first-order chi connectivity index (χ1) is 11.8. The van der Waals surface area contributed by atoms with Crippen LogP contribution in [-0.4, -0.2) is 23.4 Å². The van der Waals surface area contributed by atoms with Crippen molar-refractivity contribution in [1.82, 2.24) is 0 Å². The number of nitro benzene ring substituents is 1. The van der Waals surface area contributed by atoms with Crippen molar-refractivity contribution in [2.75, 3.05) is 11.9 Å². The minimum atomic E-state index is -0.832. The third-order valence-corrected chi connectivity index (χ3v) is 3.85. The Morgan fingerprint density at radius 1 is 1.32 bits per heavy atom. The Morgan fingerprint density at radius 3 is 2.68 bits per heavy atom. The molecule has 0 heterocycles. The Kier molecular flexibility index (Phi) is 5.81. The number of hydrogen-bond donors (Lipinski definition) is 1. The van der Waals surface area contributed by atoms with Gasteiger partial charge in [-0.1, -0.05) is 12.1 Å². The second-order valence-electron chi connectivity index (χ2n) is 4.97. The summed E-state index contributed by atoms with van der Waals surface area (Å²) in [5.74, 6) is -2.10. The Morgan fingerprint density at radius 2 is 2.04 bits per heavy atom. The highest BCUT2D eigenvalue weighted by Gasteiger charge is 2.19. The summed E-state index contributed by atoms with van der Waals surface area (Å²) in [6.07, 6.45) is 0. The number of benzene rings is 2. The lowest BCUT2D eigenvalue weighted by molar-refractivity contribution is -0.384. The van der Waals surface area contributed by atoms with E-state index in [1.165, 1.54) is 18.2 Å². The zero-order valence-electron chi connectivity index (χ0n) is 12.9. The van der Waals surface area contributed by atoms with Gasteiger partial charge in [-0.15, -0.1) is 0 Å². The van der Waals surface area contributed by atoms with E-state index >= 15 is 0 Å². The first-order valence-electron chi connectivity index (χ1n) is 6.95. The SMILES string of the molecule is Cc1cccc([N+](=O)[O-])c1NC(=O)COC(=O)c1ccc(F)cc1Br. The van der Waals surface area contributed by atoms with E-state index in [-0.39, 0.29) is 21.4 Å². The predicted molar refractivity (Wildman–Crippen MR) is 90.8 cm³/mol. The molecule has 0 saturated carbocycles. The van der Waals surface area contributed by atoms with Gasteiger partial charge in [0.1, 0.15) is 11.5 Å². The van der Waals surface area contributed by atoms with Crippen LogP contribution < -0.4 is 5.32 Å². The standard InChI is InChI=1S/C16H12BrFN2O5/c1-9-3-2-4-13(20(23)24)15(9)19-14(21)8-25-16(22)11-6-5-10(18)7-12(11)17/h2-7H,8H2,1H3,(H,19,21). The number of rotatable bonds is 5. The van der Waals surface area contributed by atoms with E-state index in [0.717, 1.165) is 12.1 Å². The number of nitro groups is 1. The minimum Gasteiger partial charge on any atom is -0.452 e. The summed E-state index contributed by atoms with van der Waals surface area (Å²) in [7, 11) is 0. The van der Waals surface area contributed by atoms with Gasteiger partial charge in [0.2, 0.25) is 0 Å². The van der Waals surface area contributed by atoms with Gasteiger partial charge in [-0.2, -0.15) is 0 Å². The van der Waals surface area contributed by atoms with Gasteiger partial charge in [0.25, 0.3) is 11.6 Å². The topological polar surface area (TPSA) is 98.5 Å². The average molecular weight is 411 g/mol. The monoisotopic (exact) mass is 410 g/mol. The van der Waals surface area contributed by atoms with E-state index in [0.29, 0.717) is 5.56 Å². The maximum Gasteiger partial charge on any atom is 0.339 e.